The Hall–Kier alpha value is -2.47. The maximum atomic E-state index is 9.59. The highest BCUT2D eigenvalue weighted by Gasteiger charge is 2.20. The third-order valence-electron chi connectivity index (χ3n) is 4.37. The molecule has 6 heteroatoms. The molecule has 2 heterocycles. The minimum absolute atomic E-state index is 0.155. The molecule has 0 bridgehead atoms. The molecule has 1 aliphatic rings. The number of fused-ring (bicyclic) bond motifs is 1. The van der Waals surface area contributed by atoms with Crippen LogP contribution in [0.1, 0.15) is 25.7 Å². The van der Waals surface area contributed by atoms with Crippen LogP contribution in [0, 0.1) is 0 Å². The van der Waals surface area contributed by atoms with Gasteiger partial charge in [-0.2, -0.15) is 4.98 Å². The van der Waals surface area contributed by atoms with Crippen LogP contribution in [-0.2, 0) is 0 Å². The number of nitrogens with one attached hydrogen (secondary N) is 1. The largest absolute Gasteiger partial charge is 0.393 e. The number of imidazole rings is 1. The zero-order chi connectivity index (χ0) is 15.6. The van der Waals surface area contributed by atoms with Crippen LogP contribution in [-0.4, -0.2) is 36.8 Å². The number of hydrogen-bond donors (Lipinski definition) is 2. The van der Waals surface area contributed by atoms with Crippen molar-refractivity contribution < 1.29 is 5.11 Å². The summed E-state index contributed by atoms with van der Waals surface area (Å²) in [5.74, 6) is 1.42. The van der Waals surface area contributed by atoms with E-state index in [0.29, 0.717) is 12.0 Å². The number of hydrogen-bond acceptors (Lipinski definition) is 5. The van der Waals surface area contributed by atoms with Crippen molar-refractivity contribution in [2.45, 2.75) is 37.8 Å². The maximum Gasteiger partial charge on any atom is 0.224 e. The SMILES string of the molecule is OC1CCC(Nc2nccc(-n3cnc4ccccc43)n2)CC1. The molecule has 1 saturated carbocycles. The molecule has 0 saturated heterocycles. The summed E-state index contributed by atoms with van der Waals surface area (Å²) in [5.41, 5.74) is 1.97. The number of aromatic nitrogens is 4. The fourth-order valence-electron chi connectivity index (χ4n) is 3.10. The van der Waals surface area contributed by atoms with Gasteiger partial charge in [-0.15, -0.1) is 0 Å². The monoisotopic (exact) mass is 309 g/mol. The first-order valence-corrected chi connectivity index (χ1v) is 8.00. The van der Waals surface area contributed by atoms with Gasteiger partial charge in [-0.05, 0) is 43.9 Å². The Labute approximate surface area is 134 Å². The molecule has 2 aromatic heterocycles. The molecule has 0 spiro atoms. The fourth-order valence-corrected chi connectivity index (χ4v) is 3.10. The molecule has 118 valence electrons. The summed E-state index contributed by atoms with van der Waals surface area (Å²) < 4.78 is 1.97. The highest BCUT2D eigenvalue weighted by Crippen LogP contribution is 2.22. The van der Waals surface area contributed by atoms with Gasteiger partial charge in [-0.3, -0.25) is 4.57 Å². The Morgan fingerprint density at radius 3 is 2.74 bits per heavy atom. The topological polar surface area (TPSA) is 75.9 Å². The molecule has 0 atom stereocenters. The van der Waals surface area contributed by atoms with E-state index in [1.165, 1.54) is 0 Å². The van der Waals surface area contributed by atoms with Crippen molar-refractivity contribution in [3.63, 3.8) is 0 Å². The number of anilines is 1. The van der Waals surface area contributed by atoms with Gasteiger partial charge in [0, 0.05) is 12.2 Å². The van der Waals surface area contributed by atoms with Crippen LogP contribution >= 0.6 is 0 Å². The van der Waals surface area contributed by atoms with Gasteiger partial charge >= 0.3 is 0 Å². The van der Waals surface area contributed by atoms with Gasteiger partial charge in [0.05, 0.1) is 17.1 Å². The average Bonchev–Trinajstić information content (AvgIpc) is 3.01. The molecule has 3 aromatic rings. The Kier molecular flexibility index (Phi) is 3.67. The predicted molar refractivity (Wildman–Crippen MR) is 88.5 cm³/mol. The molecule has 0 amide bonds. The van der Waals surface area contributed by atoms with Crippen molar-refractivity contribution in [3.8, 4) is 5.82 Å². The van der Waals surface area contributed by atoms with Crippen molar-refractivity contribution in [1.29, 1.82) is 0 Å². The predicted octanol–water partition coefficient (Wildman–Crippen LogP) is 2.53. The number of aliphatic hydroxyl groups excluding tert-OH is 1. The third-order valence-corrected chi connectivity index (χ3v) is 4.37. The van der Waals surface area contributed by atoms with E-state index in [1.54, 1.807) is 12.5 Å². The van der Waals surface area contributed by atoms with Gasteiger partial charge in [0.1, 0.15) is 12.1 Å². The lowest BCUT2D eigenvalue weighted by molar-refractivity contribution is 0.126. The lowest BCUT2D eigenvalue weighted by Gasteiger charge is -2.26. The molecular weight excluding hydrogens is 290 g/mol. The van der Waals surface area contributed by atoms with Crippen LogP contribution in [0.3, 0.4) is 0 Å². The van der Waals surface area contributed by atoms with Crippen molar-refractivity contribution >= 4 is 17.0 Å². The summed E-state index contributed by atoms with van der Waals surface area (Å²) in [6.07, 6.45) is 6.96. The van der Waals surface area contributed by atoms with Gasteiger partial charge in [0.15, 0.2) is 0 Å². The van der Waals surface area contributed by atoms with Crippen LogP contribution in [0.2, 0.25) is 0 Å². The van der Waals surface area contributed by atoms with Gasteiger partial charge in [0.2, 0.25) is 5.95 Å². The molecule has 1 fully saturated rings. The molecule has 2 N–H and O–H groups in total. The van der Waals surface area contributed by atoms with E-state index < -0.39 is 0 Å². The van der Waals surface area contributed by atoms with Crippen LogP contribution in [0.25, 0.3) is 16.9 Å². The summed E-state index contributed by atoms with van der Waals surface area (Å²) in [7, 11) is 0. The summed E-state index contributed by atoms with van der Waals surface area (Å²) >= 11 is 0. The molecule has 23 heavy (non-hydrogen) atoms. The normalized spacial score (nSPS) is 21.4. The molecule has 0 unspecified atom stereocenters. The first-order valence-electron chi connectivity index (χ1n) is 8.00. The zero-order valence-corrected chi connectivity index (χ0v) is 12.8. The van der Waals surface area contributed by atoms with E-state index in [0.717, 1.165) is 42.5 Å². The Bertz CT molecular complexity index is 807. The minimum Gasteiger partial charge on any atom is -0.393 e. The number of nitrogens with zero attached hydrogens (tertiary/aromatic N) is 4. The van der Waals surface area contributed by atoms with Gasteiger partial charge in [0.25, 0.3) is 0 Å². The van der Waals surface area contributed by atoms with E-state index >= 15 is 0 Å². The van der Waals surface area contributed by atoms with E-state index in [4.69, 9.17) is 0 Å². The molecule has 6 nitrogen and oxygen atoms in total. The summed E-state index contributed by atoms with van der Waals surface area (Å²) in [6, 6.07) is 10.2. The number of benzene rings is 1. The Balaban J connectivity index is 1.59. The van der Waals surface area contributed by atoms with Crippen molar-refractivity contribution in [2.24, 2.45) is 0 Å². The Morgan fingerprint density at radius 2 is 1.87 bits per heavy atom. The van der Waals surface area contributed by atoms with Crippen LogP contribution in [0.4, 0.5) is 5.95 Å². The first-order chi connectivity index (χ1) is 11.3. The van der Waals surface area contributed by atoms with Crippen molar-refractivity contribution in [2.75, 3.05) is 5.32 Å². The smallest absolute Gasteiger partial charge is 0.224 e. The highest BCUT2D eigenvalue weighted by molar-refractivity contribution is 5.76. The average molecular weight is 309 g/mol. The molecule has 4 rings (SSSR count). The van der Waals surface area contributed by atoms with Gasteiger partial charge < -0.3 is 10.4 Å². The molecule has 0 aliphatic heterocycles. The molecule has 0 radical (unpaired) electrons. The quantitative estimate of drug-likeness (QED) is 0.777. The second-order valence-corrected chi connectivity index (χ2v) is 5.99. The van der Waals surface area contributed by atoms with Crippen LogP contribution < -0.4 is 5.32 Å². The van der Waals surface area contributed by atoms with Crippen molar-refractivity contribution in [1.82, 2.24) is 19.5 Å². The summed E-state index contributed by atoms with van der Waals surface area (Å²) in [5, 5.41) is 13.0. The molecule has 1 aliphatic carbocycles. The van der Waals surface area contributed by atoms with Gasteiger partial charge in [-0.25, -0.2) is 9.97 Å². The first kappa shape index (κ1) is 14.1. The summed E-state index contributed by atoms with van der Waals surface area (Å²) in [6.45, 7) is 0. The van der Waals surface area contributed by atoms with E-state index in [2.05, 4.69) is 20.3 Å². The Morgan fingerprint density at radius 1 is 1.04 bits per heavy atom. The standard InChI is InChI=1S/C17H19N5O/c23-13-7-5-12(6-8-13)20-17-18-10-9-16(21-17)22-11-19-14-3-1-2-4-15(14)22/h1-4,9-13,23H,5-8H2,(H,18,20,21). The van der Waals surface area contributed by atoms with E-state index in [1.807, 2.05) is 34.9 Å². The highest BCUT2D eigenvalue weighted by atomic mass is 16.3. The number of para-hydroxylation sites is 2. The van der Waals surface area contributed by atoms with Gasteiger partial charge in [-0.1, -0.05) is 12.1 Å². The minimum atomic E-state index is -0.155. The van der Waals surface area contributed by atoms with E-state index in [9.17, 15) is 5.11 Å². The maximum absolute atomic E-state index is 9.59. The summed E-state index contributed by atoms with van der Waals surface area (Å²) in [4.78, 5) is 13.3. The van der Waals surface area contributed by atoms with Crippen LogP contribution in [0.15, 0.2) is 42.9 Å². The number of aliphatic hydroxyl groups is 1. The molecule has 1 aromatic carbocycles. The van der Waals surface area contributed by atoms with E-state index in [-0.39, 0.29) is 6.10 Å². The fraction of sp³-hybridized carbons (Fsp3) is 0.353. The lowest BCUT2D eigenvalue weighted by Crippen LogP contribution is -2.29. The third kappa shape index (κ3) is 2.90. The number of rotatable bonds is 3. The second-order valence-electron chi connectivity index (χ2n) is 5.99. The molecular formula is C17H19N5O. The van der Waals surface area contributed by atoms with Crippen molar-refractivity contribution in [3.05, 3.63) is 42.9 Å². The lowest BCUT2D eigenvalue weighted by atomic mass is 9.93. The van der Waals surface area contributed by atoms with Crippen LogP contribution in [0.5, 0.6) is 0 Å². The zero-order valence-electron chi connectivity index (χ0n) is 12.8. The second kappa shape index (κ2) is 5.96.